The smallest absolute Gasteiger partial charge is 0.250 e. The van der Waals surface area contributed by atoms with E-state index in [9.17, 15) is 9.18 Å². The molecule has 0 radical (unpaired) electrons. The number of nitrogens with zero attached hydrogens (tertiary/aromatic N) is 2. The molecule has 0 aliphatic carbocycles. The molecule has 3 nitrogen and oxygen atoms in total. The van der Waals surface area contributed by atoms with Crippen LogP contribution in [0.15, 0.2) is 67.3 Å². The maximum Gasteiger partial charge on any atom is 0.250 e. The maximum atomic E-state index is 13.2. The van der Waals surface area contributed by atoms with Gasteiger partial charge >= 0.3 is 0 Å². The van der Waals surface area contributed by atoms with Crippen LogP contribution in [0, 0.1) is 5.82 Å². The van der Waals surface area contributed by atoms with Gasteiger partial charge in [-0.1, -0.05) is 36.9 Å². The van der Waals surface area contributed by atoms with Crippen molar-refractivity contribution in [3.63, 3.8) is 0 Å². The fraction of sp³-hybridized carbons (Fsp3) is 0.318. The zero-order valence-corrected chi connectivity index (χ0v) is 15.0. The van der Waals surface area contributed by atoms with E-state index in [4.69, 9.17) is 0 Å². The lowest BCUT2D eigenvalue weighted by molar-refractivity contribution is -0.114. The molecule has 2 aromatic carbocycles. The average Bonchev–Trinajstić information content (AvgIpc) is 2.69. The number of piperidine rings is 1. The highest BCUT2D eigenvalue weighted by atomic mass is 19.1. The Morgan fingerprint density at radius 3 is 2.38 bits per heavy atom. The maximum absolute atomic E-state index is 13.2. The van der Waals surface area contributed by atoms with Crippen LogP contribution in [-0.4, -0.2) is 36.5 Å². The molecule has 3 rings (SSSR count). The van der Waals surface area contributed by atoms with Gasteiger partial charge in [0.15, 0.2) is 0 Å². The van der Waals surface area contributed by atoms with Crippen molar-refractivity contribution < 1.29 is 9.18 Å². The molecule has 0 spiro atoms. The minimum absolute atomic E-state index is 0.124. The summed E-state index contributed by atoms with van der Waals surface area (Å²) in [6.07, 6.45) is 4.20. The second-order valence-electron chi connectivity index (χ2n) is 6.70. The van der Waals surface area contributed by atoms with Crippen molar-refractivity contribution in [2.45, 2.75) is 25.3 Å². The summed E-state index contributed by atoms with van der Waals surface area (Å²) in [7, 11) is 0. The van der Waals surface area contributed by atoms with Crippen LogP contribution < -0.4 is 4.90 Å². The molecule has 1 saturated heterocycles. The van der Waals surface area contributed by atoms with Crippen LogP contribution in [0.4, 0.5) is 10.1 Å². The van der Waals surface area contributed by atoms with Crippen LogP contribution in [0.5, 0.6) is 0 Å². The van der Waals surface area contributed by atoms with Crippen molar-refractivity contribution >= 4 is 11.6 Å². The standard InChI is InChI=1S/C22H25FN2O/c1-2-22(26)25(20-10-8-19(23)9-11-20)21-13-16-24(17-14-21)15-12-18-6-4-3-5-7-18/h2-11,21H,1,12-17H2. The van der Waals surface area contributed by atoms with Crippen LogP contribution >= 0.6 is 0 Å². The number of halogens is 1. The van der Waals surface area contributed by atoms with Gasteiger partial charge in [-0.05, 0) is 55.2 Å². The number of likely N-dealkylation sites (tertiary alicyclic amines) is 1. The van der Waals surface area contributed by atoms with Gasteiger partial charge in [-0.25, -0.2) is 4.39 Å². The molecule has 0 saturated carbocycles. The predicted molar refractivity (Wildman–Crippen MR) is 104 cm³/mol. The molecule has 1 aliphatic rings. The number of rotatable bonds is 6. The largest absolute Gasteiger partial charge is 0.306 e. The number of benzene rings is 2. The van der Waals surface area contributed by atoms with Crippen molar-refractivity contribution in [2.24, 2.45) is 0 Å². The summed E-state index contributed by atoms with van der Waals surface area (Å²) in [4.78, 5) is 16.6. The molecular formula is C22H25FN2O. The Morgan fingerprint density at radius 2 is 1.77 bits per heavy atom. The monoisotopic (exact) mass is 352 g/mol. The first kappa shape index (κ1) is 18.3. The summed E-state index contributed by atoms with van der Waals surface area (Å²) in [5.41, 5.74) is 2.09. The van der Waals surface area contributed by atoms with E-state index in [2.05, 4.69) is 35.7 Å². The summed E-state index contributed by atoms with van der Waals surface area (Å²) >= 11 is 0. The zero-order valence-electron chi connectivity index (χ0n) is 15.0. The highest BCUT2D eigenvalue weighted by Gasteiger charge is 2.27. The Bertz CT molecular complexity index is 722. The van der Waals surface area contributed by atoms with Gasteiger partial charge in [0.2, 0.25) is 0 Å². The minimum atomic E-state index is -0.296. The average molecular weight is 352 g/mol. The molecular weight excluding hydrogens is 327 g/mol. The SMILES string of the molecule is C=CC(=O)N(c1ccc(F)cc1)C1CCN(CCc2ccccc2)CC1. The summed E-state index contributed by atoms with van der Waals surface area (Å²) in [5.74, 6) is -0.421. The van der Waals surface area contributed by atoms with Crippen LogP contribution in [0.1, 0.15) is 18.4 Å². The van der Waals surface area contributed by atoms with E-state index < -0.39 is 0 Å². The molecule has 1 aliphatic heterocycles. The topological polar surface area (TPSA) is 23.6 Å². The third-order valence-electron chi connectivity index (χ3n) is 5.00. The highest BCUT2D eigenvalue weighted by Crippen LogP contribution is 2.24. The zero-order chi connectivity index (χ0) is 18.4. The summed E-state index contributed by atoms with van der Waals surface area (Å²) in [5, 5.41) is 0. The molecule has 26 heavy (non-hydrogen) atoms. The van der Waals surface area contributed by atoms with Gasteiger partial charge in [-0.15, -0.1) is 0 Å². The van der Waals surface area contributed by atoms with Gasteiger partial charge in [0, 0.05) is 31.4 Å². The van der Waals surface area contributed by atoms with E-state index in [-0.39, 0.29) is 17.8 Å². The van der Waals surface area contributed by atoms with E-state index >= 15 is 0 Å². The van der Waals surface area contributed by atoms with Crippen molar-refractivity contribution in [1.82, 2.24) is 4.90 Å². The highest BCUT2D eigenvalue weighted by molar-refractivity contribution is 6.01. The Morgan fingerprint density at radius 1 is 1.12 bits per heavy atom. The summed E-state index contributed by atoms with van der Waals surface area (Å²) in [6.45, 7) is 6.57. The molecule has 1 heterocycles. The lowest BCUT2D eigenvalue weighted by Gasteiger charge is -2.38. The molecule has 0 aromatic heterocycles. The third-order valence-corrected chi connectivity index (χ3v) is 5.00. The van der Waals surface area contributed by atoms with Crippen molar-refractivity contribution in [3.05, 3.63) is 78.6 Å². The van der Waals surface area contributed by atoms with Crippen molar-refractivity contribution in [2.75, 3.05) is 24.5 Å². The second kappa shape index (κ2) is 8.77. The van der Waals surface area contributed by atoms with Gasteiger partial charge in [0.05, 0.1) is 0 Å². The van der Waals surface area contributed by atoms with Crippen LogP contribution in [0.3, 0.4) is 0 Å². The molecule has 0 atom stereocenters. The van der Waals surface area contributed by atoms with Gasteiger partial charge in [0.25, 0.3) is 5.91 Å². The first-order valence-corrected chi connectivity index (χ1v) is 9.15. The summed E-state index contributed by atoms with van der Waals surface area (Å²) in [6, 6.07) is 16.7. The quantitative estimate of drug-likeness (QED) is 0.732. The lowest BCUT2D eigenvalue weighted by Crippen LogP contribution is -2.47. The minimum Gasteiger partial charge on any atom is -0.306 e. The lowest BCUT2D eigenvalue weighted by atomic mass is 10.0. The molecule has 0 bridgehead atoms. The second-order valence-corrected chi connectivity index (χ2v) is 6.70. The molecule has 136 valence electrons. The Kier molecular flexibility index (Phi) is 6.18. The number of anilines is 1. The first-order chi connectivity index (χ1) is 12.7. The molecule has 4 heteroatoms. The van der Waals surface area contributed by atoms with Crippen LogP contribution in [-0.2, 0) is 11.2 Å². The molecule has 0 unspecified atom stereocenters. The summed E-state index contributed by atoms with van der Waals surface area (Å²) < 4.78 is 13.2. The van der Waals surface area contributed by atoms with E-state index in [1.54, 1.807) is 17.0 Å². The van der Waals surface area contributed by atoms with E-state index in [0.717, 1.165) is 44.6 Å². The molecule has 1 fully saturated rings. The van der Waals surface area contributed by atoms with Crippen LogP contribution in [0.2, 0.25) is 0 Å². The van der Waals surface area contributed by atoms with E-state index in [1.165, 1.54) is 23.8 Å². The van der Waals surface area contributed by atoms with E-state index in [0.29, 0.717) is 0 Å². The van der Waals surface area contributed by atoms with Crippen molar-refractivity contribution in [3.8, 4) is 0 Å². The number of carbonyl (C=O) groups excluding carboxylic acids is 1. The van der Waals surface area contributed by atoms with Crippen molar-refractivity contribution in [1.29, 1.82) is 0 Å². The van der Waals surface area contributed by atoms with Gasteiger partial charge in [-0.3, -0.25) is 4.79 Å². The van der Waals surface area contributed by atoms with Gasteiger partial charge in [0.1, 0.15) is 5.82 Å². The number of hydrogen-bond donors (Lipinski definition) is 0. The normalized spacial score (nSPS) is 15.6. The Hall–Kier alpha value is -2.46. The fourth-order valence-electron chi connectivity index (χ4n) is 3.55. The van der Waals surface area contributed by atoms with Gasteiger partial charge < -0.3 is 9.80 Å². The molecule has 0 N–H and O–H groups in total. The number of hydrogen-bond acceptors (Lipinski definition) is 2. The van der Waals surface area contributed by atoms with Gasteiger partial charge in [-0.2, -0.15) is 0 Å². The Balaban J connectivity index is 1.59. The first-order valence-electron chi connectivity index (χ1n) is 9.15. The fourth-order valence-corrected chi connectivity index (χ4v) is 3.55. The predicted octanol–water partition coefficient (Wildman–Crippen LogP) is 4.05. The Labute approximate surface area is 154 Å². The molecule has 1 amide bonds. The number of amides is 1. The van der Waals surface area contributed by atoms with E-state index in [1.807, 2.05) is 6.07 Å². The third kappa shape index (κ3) is 4.58. The number of carbonyl (C=O) groups is 1. The van der Waals surface area contributed by atoms with Crippen LogP contribution in [0.25, 0.3) is 0 Å². The molecule has 2 aromatic rings.